The number of hydrogen-bond donors (Lipinski definition) is 0. The fraction of sp³-hybridized carbons (Fsp3) is 0.828. The van der Waals surface area contributed by atoms with Crippen LogP contribution in [0.5, 0.6) is 0 Å². The Kier molecular flexibility index (Phi) is 7.38. The highest BCUT2D eigenvalue weighted by Crippen LogP contribution is 2.68. The second kappa shape index (κ2) is 9.74. The van der Waals surface area contributed by atoms with Gasteiger partial charge >= 0.3 is 5.97 Å². The number of rotatable bonds is 8. The quantitative estimate of drug-likeness (QED) is 0.335. The predicted molar refractivity (Wildman–Crippen MR) is 132 cm³/mol. The van der Waals surface area contributed by atoms with Crippen molar-refractivity contribution in [3.63, 3.8) is 0 Å². The number of Topliss-reactive ketones (excluding diaryl/α,β-unsaturated/α-hetero) is 1. The smallest absolute Gasteiger partial charge is 0.303 e. The maximum Gasteiger partial charge on any atom is 0.303 e. The van der Waals surface area contributed by atoms with Crippen LogP contribution in [0.1, 0.15) is 92.9 Å². The van der Waals surface area contributed by atoms with Crippen LogP contribution in [0.15, 0.2) is 11.6 Å². The molecule has 0 heterocycles. The van der Waals surface area contributed by atoms with Crippen molar-refractivity contribution in [3.8, 4) is 0 Å². The third kappa shape index (κ3) is 4.54. The van der Waals surface area contributed by atoms with Crippen molar-refractivity contribution < 1.29 is 28.6 Å². The summed E-state index contributed by atoms with van der Waals surface area (Å²) < 4.78 is 17.8. The molecule has 196 valence electrons. The first-order valence-electron chi connectivity index (χ1n) is 13.6. The van der Waals surface area contributed by atoms with Crippen LogP contribution in [0.4, 0.5) is 0 Å². The van der Waals surface area contributed by atoms with Crippen molar-refractivity contribution in [3.05, 3.63) is 11.6 Å². The summed E-state index contributed by atoms with van der Waals surface area (Å²) in [6, 6.07) is 0. The average Bonchev–Trinajstić information content (AvgIpc) is 3.09. The fourth-order valence-electron chi connectivity index (χ4n) is 8.20. The molecule has 0 amide bonds. The molecule has 3 saturated carbocycles. The van der Waals surface area contributed by atoms with E-state index in [9.17, 15) is 14.4 Å². The van der Waals surface area contributed by atoms with Gasteiger partial charge in [-0.15, -0.1) is 0 Å². The van der Waals surface area contributed by atoms with Crippen molar-refractivity contribution in [1.82, 2.24) is 0 Å². The second-order valence-corrected chi connectivity index (χ2v) is 12.4. The molecule has 3 fully saturated rings. The van der Waals surface area contributed by atoms with Crippen LogP contribution in [0.2, 0.25) is 0 Å². The number of allylic oxidation sites excluding steroid dienone is 1. The first-order valence-corrected chi connectivity index (χ1v) is 13.6. The minimum atomic E-state index is -1.02. The molecular formula is C29H44O6. The summed E-state index contributed by atoms with van der Waals surface area (Å²) in [5.41, 5.74) is 0.0668. The van der Waals surface area contributed by atoms with Gasteiger partial charge in [0.1, 0.15) is 5.60 Å². The van der Waals surface area contributed by atoms with Gasteiger partial charge < -0.3 is 14.2 Å². The van der Waals surface area contributed by atoms with Crippen LogP contribution >= 0.6 is 0 Å². The van der Waals surface area contributed by atoms with Gasteiger partial charge in [-0.05, 0) is 87.0 Å². The fourth-order valence-corrected chi connectivity index (χ4v) is 8.20. The van der Waals surface area contributed by atoms with E-state index in [1.165, 1.54) is 12.5 Å². The minimum absolute atomic E-state index is 0.0830. The lowest BCUT2D eigenvalue weighted by Crippen LogP contribution is -2.60. The molecule has 6 nitrogen and oxygen atoms in total. The van der Waals surface area contributed by atoms with E-state index >= 15 is 0 Å². The first-order chi connectivity index (χ1) is 16.4. The lowest BCUT2D eigenvalue weighted by atomic mass is 9.46. The van der Waals surface area contributed by atoms with E-state index in [2.05, 4.69) is 27.7 Å². The van der Waals surface area contributed by atoms with Crippen molar-refractivity contribution in [2.45, 2.75) is 105 Å². The molecule has 6 heteroatoms. The van der Waals surface area contributed by atoms with Gasteiger partial charge in [0.25, 0.3) is 0 Å². The van der Waals surface area contributed by atoms with E-state index < -0.39 is 17.9 Å². The highest BCUT2D eigenvalue weighted by atomic mass is 16.7. The minimum Gasteiger partial charge on any atom is -0.458 e. The van der Waals surface area contributed by atoms with Crippen molar-refractivity contribution in [1.29, 1.82) is 0 Å². The van der Waals surface area contributed by atoms with Crippen molar-refractivity contribution in [2.24, 2.45) is 34.5 Å². The summed E-state index contributed by atoms with van der Waals surface area (Å²) >= 11 is 0. The van der Waals surface area contributed by atoms with Crippen LogP contribution in [-0.2, 0) is 28.6 Å². The zero-order valence-corrected chi connectivity index (χ0v) is 22.5. The Bertz CT molecular complexity index is 892. The largest absolute Gasteiger partial charge is 0.458 e. The van der Waals surface area contributed by atoms with Gasteiger partial charge in [0.05, 0.1) is 6.61 Å². The van der Waals surface area contributed by atoms with Crippen LogP contribution < -0.4 is 0 Å². The summed E-state index contributed by atoms with van der Waals surface area (Å²) in [6.45, 7) is 12.3. The maximum absolute atomic E-state index is 13.8. The highest BCUT2D eigenvalue weighted by Gasteiger charge is 2.67. The van der Waals surface area contributed by atoms with E-state index in [0.29, 0.717) is 43.1 Å². The Balaban J connectivity index is 1.63. The molecule has 0 saturated heterocycles. The Morgan fingerprint density at radius 1 is 1.03 bits per heavy atom. The number of carbonyl (C=O) groups excluding carboxylic acids is 3. The van der Waals surface area contributed by atoms with Crippen molar-refractivity contribution >= 4 is 17.5 Å². The standard InChI is InChI=1S/C29H44O6/c1-18(2)16-34-20(4)35-29(26(32)17-33-19(3)30)14-11-25-23-8-7-21-15-22(31)9-12-27(21,5)24(23)10-13-28(25,29)6/h15,18,20,23-25H,7-14,16-17H2,1-6H3/t20?,23-,24+,25+,27+,28+,29+/m1/s1. The molecule has 0 aromatic carbocycles. The molecule has 0 aromatic rings. The van der Waals surface area contributed by atoms with Gasteiger partial charge in [-0.25, -0.2) is 0 Å². The number of fused-ring (bicyclic) bond motifs is 5. The summed E-state index contributed by atoms with van der Waals surface area (Å²) in [6.07, 6.45) is 8.50. The van der Waals surface area contributed by atoms with Crippen LogP contribution in [0, 0.1) is 34.5 Å². The molecule has 4 aliphatic rings. The molecule has 1 unspecified atom stereocenters. The molecule has 0 aromatic heterocycles. The van der Waals surface area contributed by atoms with Crippen LogP contribution in [-0.4, -0.2) is 42.6 Å². The SMILES string of the molecule is CC(=O)OCC(=O)[C@@]1(OC(C)OCC(C)C)CC[C@H]2[C@@H]3CCC4=CC(=O)CC[C@]4(C)[C@H]3CC[C@@]21C. The zero-order chi connectivity index (χ0) is 25.6. The lowest BCUT2D eigenvalue weighted by Gasteiger charge is -2.59. The summed E-state index contributed by atoms with van der Waals surface area (Å²) in [5, 5.41) is 0. The number of hydrogen-bond acceptors (Lipinski definition) is 6. The van der Waals surface area contributed by atoms with E-state index in [1.54, 1.807) is 0 Å². The third-order valence-electron chi connectivity index (χ3n) is 9.97. The lowest BCUT2D eigenvalue weighted by molar-refractivity contribution is -0.242. The average molecular weight is 489 g/mol. The van der Waals surface area contributed by atoms with E-state index in [0.717, 1.165) is 38.5 Å². The van der Waals surface area contributed by atoms with Gasteiger partial charge in [-0.1, -0.05) is 33.3 Å². The zero-order valence-electron chi connectivity index (χ0n) is 22.5. The molecule has 7 atom stereocenters. The van der Waals surface area contributed by atoms with Gasteiger partial charge in [0.15, 0.2) is 18.7 Å². The Labute approximate surface area is 210 Å². The highest BCUT2D eigenvalue weighted by molar-refractivity contribution is 5.92. The second-order valence-electron chi connectivity index (χ2n) is 12.4. The van der Waals surface area contributed by atoms with Crippen molar-refractivity contribution in [2.75, 3.05) is 13.2 Å². The topological polar surface area (TPSA) is 78.9 Å². The van der Waals surface area contributed by atoms with Crippen LogP contribution in [0.3, 0.4) is 0 Å². The normalized spacial score (nSPS) is 39.3. The molecule has 0 spiro atoms. The maximum atomic E-state index is 13.8. The Morgan fingerprint density at radius 3 is 2.43 bits per heavy atom. The summed E-state index contributed by atoms with van der Waals surface area (Å²) in [7, 11) is 0. The van der Waals surface area contributed by atoms with Gasteiger partial charge in [0.2, 0.25) is 5.78 Å². The number of carbonyl (C=O) groups is 3. The summed E-state index contributed by atoms with van der Waals surface area (Å²) in [4.78, 5) is 37.5. The Hall–Kier alpha value is -1.53. The van der Waals surface area contributed by atoms with Gasteiger partial charge in [-0.2, -0.15) is 0 Å². The number of esters is 1. The molecule has 0 radical (unpaired) electrons. The third-order valence-corrected chi connectivity index (χ3v) is 9.97. The Morgan fingerprint density at radius 2 is 1.74 bits per heavy atom. The number of ketones is 2. The molecule has 4 aliphatic carbocycles. The van der Waals surface area contributed by atoms with E-state index in [4.69, 9.17) is 14.2 Å². The van der Waals surface area contributed by atoms with Gasteiger partial charge in [-0.3, -0.25) is 14.4 Å². The first kappa shape index (κ1) is 26.5. The van der Waals surface area contributed by atoms with Crippen LogP contribution in [0.25, 0.3) is 0 Å². The molecule has 35 heavy (non-hydrogen) atoms. The van der Waals surface area contributed by atoms with E-state index in [1.807, 2.05) is 13.0 Å². The molecule has 0 aliphatic heterocycles. The van der Waals surface area contributed by atoms with E-state index in [-0.39, 0.29) is 29.0 Å². The summed E-state index contributed by atoms with van der Waals surface area (Å²) in [5.74, 6) is 1.44. The molecule has 0 N–H and O–H groups in total. The molecule has 4 rings (SSSR count). The monoisotopic (exact) mass is 488 g/mol. The molecule has 0 bridgehead atoms. The number of ether oxygens (including phenoxy) is 3. The molecular weight excluding hydrogens is 444 g/mol. The predicted octanol–water partition coefficient (Wildman–Crippen LogP) is 5.42. The van der Waals surface area contributed by atoms with Gasteiger partial charge in [0, 0.05) is 18.8 Å².